The van der Waals surface area contributed by atoms with E-state index in [9.17, 15) is 0 Å². The lowest BCUT2D eigenvalue weighted by molar-refractivity contribution is 0.197. The SMILES string of the molecule is CC(C)(CN)CNCC(C)(C)C1CCCC1. The van der Waals surface area contributed by atoms with Gasteiger partial charge in [0.25, 0.3) is 0 Å². The Morgan fingerprint density at radius 3 is 2.12 bits per heavy atom. The van der Waals surface area contributed by atoms with Gasteiger partial charge in [-0.2, -0.15) is 0 Å². The normalized spacial score (nSPS) is 19.3. The van der Waals surface area contributed by atoms with E-state index in [0.717, 1.165) is 25.6 Å². The molecule has 0 aromatic rings. The van der Waals surface area contributed by atoms with Crippen LogP contribution in [0.1, 0.15) is 53.4 Å². The second-order valence-corrected chi connectivity index (χ2v) is 6.94. The summed E-state index contributed by atoms with van der Waals surface area (Å²) in [5, 5.41) is 3.61. The van der Waals surface area contributed by atoms with Crippen molar-refractivity contribution in [1.29, 1.82) is 0 Å². The predicted molar refractivity (Wildman–Crippen MR) is 71.4 cm³/mol. The van der Waals surface area contributed by atoms with Crippen molar-refractivity contribution in [2.45, 2.75) is 53.4 Å². The number of rotatable bonds is 6. The highest BCUT2D eigenvalue weighted by Gasteiger charge is 2.31. The first kappa shape index (κ1) is 14.0. The van der Waals surface area contributed by atoms with Crippen LogP contribution >= 0.6 is 0 Å². The van der Waals surface area contributed by atoms with E-state index in [1.54, 1.807) is 0 Å². The Kier molecular flexibility index (Phi) is 4.81. The van der Waals surface area contributed by atoms with Crippen molar-refractivity contribution in [2.75, 3.05) is 19.6 Å². The first-order chi connectivity index (χ1) is 7.37. The van der Waals surface area contributed by atoms with Crippen molar-refractivity contribution >= 4 is 0 Å². The van der Waals surface area contributed by atoms with Crippen LogP contribution in [0.4, 0.5) is 0 Å². The third-order valence-corrected chi connectivity index (χ3v) is 4.20. The Morgan fingerprint density at radius 2 is 1.62 bits per heavy atom. The maximum atomic E-state index is 5.74. The van der Waals surface area contributed by atoms with Crippen molar-refractivity contribution in [3.05, 3.63) is 0 Å². The molecule has 2 heteroatoms. The highest BCUT2D eigenvalue weighted by Crippen LogP contribution is 2.39. The van der Waals surface area contributed by atoms with Gasteiger partial charge in [0.05, 0.1) is 0 Å². The van der Waals surface area contributed by atoms with E-state index in [1.165, 1.54) is 25.7 Å². The summed E-state index contributed by atoms with van der Waals surface area (Å²) >= 11 is 0. The molecule has 0 bridgehead atoms. The molecule has 1 aliphatic carbocycles. The summed E-state index contributed by atoms with van der Waals surface area (Å²) in [6.45, 7) is 12.2. The molecule has 1 rings (SSSR count). The highest BCUT2D eigenvalue weighted by atomic mass is 14.9. The fraction of sp³-hybridized carbons (Fsp3) is 1.00. The van der Waals surface area contributed by atoms with Gasteiger partial charge in [0.15, 0.2) is 0 Å². The summed E-state index contributed by atoms with van der Waals surface area (Å²) in [5.74, 6) is 0.918. The topological polar surface area (TPSA) is 38.0 Å². The Balaban J connectivity index is 2.30. The van der Waals surface area contributed by atoms with Crippen LogP contribution in [-0.2, 0) is 0 Å². The Morgan fingerprint density at radius 1 is 1.06 bits per heavy atom. The molecule has 1 aliphatic rings. The van der Waals surface area contributed by atoms with E-state index in [2.05, 4.69) is 33.0 Å². The molecule has 0 amide bonds. The molecule has 0 aromatic heterocycles. The summed E-state index contributed by atoms with van der Waals surface area (Å²) in [4.78, 5) is 0. The number of nitrogens with one attached hydrogen (secondary N) is 1. The van der Waals surface area contributed by atoms with Gasteiger partial charge in [-0.25, -0.2) is 0 Å². The van der Waals surface area contributed by atoms with Gasteiger partial charge < -0.3 is 11.1 Å². The molecule has 1 fully saturated rings. The molecule has 2 nitrogen and oxygen atoms in total. The molecule has 0 saturated heterocycles. The van der Waals surface area contributed by atoms with Gasteiger partial charge in [-0.05, 0) is 36.1 Å². The van der Waals surface area contributed by atoms with E-state index < -0.39 is 0 Å². The molecule has 1 saturated carbocycles. The molecule has 0 spiro atoms. The van der Waals surface area contributed by atoms with Gasteiger partial charge >= 0.3 is 0 Å². The van der Waals surface area contributed by atoms with Crippen LogP contribution in [0.5, 0.6) is 0 Å². The van der Waals surface area contributed by atoms with E-state index in [-0.39, 0.29) is 5.41 Å². The average Bonchev–Trinajstić information content (AvgIpc) is 2.70. The molecule has 96 valence electrons. The summed E-state index contributed by atoms with van der Waals surface area (Å²) in [7, 11) is 0. The monoisotopic (exact) mass is 226 g/mol. The van der Waals surface area contributed by atoms with E-state index >= 15 is 0 Å². The number of nitrogens with two attached hydrogens (primary N) is 1. The minimum atomic E-state index is 0.228. The van der Waals surface area contributed by atoms with Gasteiger partial charge in [-0.15, -0.1) is 0 Å². The summed E-state index contributed by atoms with van der Waals surface area (Å²) in [5.41, 5.74) is 6.41. The summed E-state index contributed by atoms with van der Waals surface area (Å²) < 4.78 is 0. The lowest BCUT2D eigenvalue weighted by Crippen LogP contribution is -2.41. The second-order valence-electron chi connectivity index (χ2n) is 6.94. The van der Waals surface area contributed by atoms with Gasteiger partial charge in [-0.1, -0.05) is 40.5 Å². The Bertz CT molecular complexity index is 203. The maximum Gasteiger partial charge on any atom is 0.00148 e. The van der Waals surface area contributed by atoms with E-state index in [4.69, 9.17) is 5.73 Å². The first-order valence-electron chi connectivity index (χ1n) is 6.78. The van der Waals surface area contributed by atoms with Crippen molar-refractivity contribution in [2.24, 2.45) is 22.5 Å². The van der Waals surface area contributed by atoms with Crippen LogP contribution in [0.15, 0.2) is 0 Å². The van der Waals surface area contributed by atoms with Crippen molar-refractivity contribution in [3.63, 3.8) is 0 Å². The third-order valence-electron chi connectivity index (χ3n) is 4.20. The van der Waals surface area contributed by atoms with Crippen molar-refractivity contribution < 1.29 is 0 Å². The molecular formula is C14H30N2. The Hall–Kier alpha value is -0.0800. The lowest BCUT2D eigenvalue weighted by atomic mass is 9.77. The zero-order valence-corrected chi connectivity index (χ0v) is 11.6. The largest absolute Gasteiger partial charge is 0.330 e. The average molecular weight is 226 g/mol. The molecular weight excluding hydrogens is 196 g/mol. The minimum absolute atomic E-state index is 0.228. The fourth-order valence-electron chi connectivity index (χ4n) is 2.65. The molecule has 0 unspecified atom stereocenters. The minimum Gasteiger partial charge on any atom is -0.330 e. The van der Waals surface area contributed by atoms with Crippen LogP contribution < -0.4 is 11.1 Å². The summed E-state index contributed by atoms with van der Waals surface area (Å²) in [6, 6.07) is 0. The standard InChI is InChI=1S/C14H30N2/c1-13(2,9-15)10-16-11-14(3,4)12-7-5-6-8-12/h12,16H,5-11,15H2,1-4H3. The van der Waals surface area contributed by atoms with Crippen LogP contribution in [0, 0.1) is 16.7 Å². The van der Waals surface area contributed by atoms with Crippen LogP contribution in [-0.4, -0.2) is 19.6 Å². The molecule has 0 aliphatic heterocycles. The lowest BCUT2D eigenvalue weighted by Gasteiger charge is -2.33. The smallest absolute Gasteiger partial charge is 0.00148 e. The Labute approximate surface area is 101 Å². The van der Waals surface area contributed by atoms with E-state index in [0.29, 0.717) is 5.41 Å². The zero-order valence-electron chi connectivity index (χ0n) is 11.6. The number of hydrogen-bond acceptors (Lipinski definition) is 2. The molecule has 0 radical (unpaired) electrons. The molecule has 0 heterocycles. The number of hydrogen-bond donors (Lipinski definition) is 2. The van der Waals surface area contributed by atoms with Crippen molar-refractivity contribution in [3.8, 4) is 0 Å². The highest BCUT2D eigenvalue weighted by molar-refractivity contribution is 4.85. The quantitative estimate of drug-likeness (QED) is 0.731. The van der Waals surface area contributed by atoms with Gasteiger partial charge in [0, 0.05) is 13.1 Å². The molecule has 0 atom stereocenters. The molecule has 3 N–H and O–H groups in total. The zero-order chi connectivity index (χ0) is 12.2. The second kappa shape index (κ2) is 5.50. The van der Waals surface area contributed by atoms with Crippen LogP contribution in [0.2, 0.25) is 0 Å². The van der Waals surface area contributed by atoms with Gasteiger partial charge in [0.2, 0.25) is 0 Å². The van der Waals surface area contributed by atoms with Gasteiger partial charge in [-0.3, -0.25) is 0 Å². The maximum absolute atomic E-state index is 5.74. The van der Waals surface area contributed by atoms with Crippen LogP contribution in [0.3, 0.4) is 0 Å². The third kappa shape index (κ3) is 4.06. The summed E-state index contributed by atoms with van der Waals surface area (Å²) in [6.07, 6.45) is 5.72. The first-order valence-corrected chi connectivity index (χ1v) is 6.78. The van der Waals surface area contributed by atoms with E-state index in [1.807, 2.05) is 0 Å². The van der Waals surface area contributed by atoms with Crippen LogP contribution in [0.25, 0.3) is 0 Å². The molecule has 0 aromatic carbocycles. The van der Waals surface area contributed by atoms with Gasteiger partial charge in [0.1, 0.15) is 0 Å². The van der Waals surface area contributed by atoms with Crippen molar-refractivity contribution in [1.82, 2.24) is 5.32 Å². The predicted octanol–water partition coefficient (Wildman–Crippen LogP) is 2.78. The molecule has 16 heavy (non-hydrogen) atoms. The fourth-order valence-corrected chi connectivity index (χ4v) is 2.65.